The van der Waals surface area contributed by atoms with Gasteiger partial charge in [-0.05, 0) is 39.1 Å². The molecule has 2 aromatic rings. The minimum Gasteiger partial charge on any atom is -0.356 e. The number of imidazole rings is 1. The Bertz CT molecular complexity index is 622. The summed E-state index contributed by atoms with van der Waals surface area (Å²) in [6.07, 6.45) is 8.08. The molecule has 3 heterocycles. The number of halogens is 1. The lowest BCUT2D eigenvalue weighted by molar-refractivity contribution is 0.373. The summed E-state index contributed by atoms with van der Waals surface area (Å²) in [7, 11) is 4.20. The van der Waals surface area contributed by atoms with Crippen molar-refractivity contribution in [1.82, 2.24) is 19.4 Å². The van der Waals surface area contributed by atoms with E-state index in [0.29, 0.717) is 10.9 Å². The van der Waals surface area contributed by atoms with Gasteiger partial charge in [-0.1, -0.05) is 11.6 Å². The molecule has 0 aromatic carbocycles. The fourth-order valence-corrected chi connectivity index (χ4v) is 3.24. The summed E-state index contributed by atoms with van der Waals surface area (Å²) in [5.41, 5.74) is 0. The van der Waals surface area contributed by atoms with Crippen LogP contribution >= 0.6 is 11.6 Å². The van der Waals surface area contributed by atoms with Gasteiger partial charge in [-0.25, -0.2) is 9.97 Å². The van der Waals surface area contributed by atoms with Crippen molar-refractivity contribution in [3.63, 3.8) is 0 Å². The number of hydrogen-bond donors (Lipinski definition) is 0. The molecular formula is C17H24ClN5. The van der Waals surface area contributed by atoms with Crippen LogP contribution in [0.4, 0.5) is 5.82 Å². The largest absolute Gasteiger partial charge is 0.356 e. The van der Waals surface area contributed by atoms with Crippen molar-refractivity contribution in [2.45, 2.75) is 25.3 Å². The lowest BCUT2D eigenvalue weighted by Gasteiger charge is -2.33. The molecule has 1 atom stereocenters. The zero-order valence-electron chi connectivity index (χ0n) is 13.8. The topological polar surface area (TPSA) is 37.2 Å². The zero-order chi connectivity index (χ0) is 16.2. The van der Waals surface area contributed by atoms with E-state index >= 15 is 0 Å². The molecule has 0 aliphatic carbocycles. The van der Waals surface area contributed by atoms with E-state index in [2.05, 4.69) is 44.6 Å². The van der Waals surface area contributed by atoms with Crippen LogP contribution in [-0.4, -0.2) is 53.2 Å². The highest BCUT2D eigenvalue weighted by atomic mass is 35.5. The lowest BCUT2D eigenvalue weighted by atomic mass is 9.97. The van der Waals surface area contributed by atoms with Crippen LogP contribution in [0.2, 0.25) is 5.02 Å². The second kappa shape index (κ2) is 7.32. The number of rotatable bonds is 5. The number of likely N-dealkylation sites (N-methyl/N-ethyl adjacent to an activating group) is 1. The van der Waals surface area contributed by atoms with Crippen molar-refractivity contribution >= 4 is 17.4 Å². The fourth-order valence-electron chi connectivity index (χ4n) is 3.13. The number of nitrogens with zero attached hydrogens (tertiary/aromatic N) is 5. The molecular weight excluding hydrogens is 310 g/mol. The highest BCUT2D eigenvalue weighted by Crippen LogP contribution is 2.28. The maximum Gasteiger partial charge on any atom is 0.128 e. The van der Waals surface area contributed by atoms with Crippen LogP contribution < -0.4 is 4.90 Å². The number of aromatic nitrogens is 3. The van der Waals surface area contributed by atoms with Crippen molar-refractivity contribution in [1.29, 1.82) is 0 Å². The van der Waals surface area contributed by atoms with Gasteiger partial charge in [0.2, 0.25) is 0 Å². The van der Waals surface area contributed by atoms with E-state index in [1.165, 1.54) is 12.2 Å². The molecule has 0 bridgehead atoms. The average molecular weight is 334 g/mol. The van der Waals surface area contributed by atoms with Gasteiger partial charge in [-0.3, -0.25) is 0 Å². The first-order chi connectivity index (χ1) is 11.1. The molecule has 2 aromatic heterocycles. The van der Waals surface area contributed by atoms with Gasteiger partial charge < -0.3 is 14.4 Å². The van der Waals surface area contributed by atoms with Crippen LogP contribution in [0.15, 0.2) is 30.7 Å². The van der Waals surface area contributed by atoms with Crippen LogP contribution in [-0.2, 0) is 6.54 Å². The first-order valence-corrected chi connectivity index (χ1v) is 8.53. The van der Waals surface area contributed by atoms with Crippen molar-refractivity contribution in [3.8, 4) is 0 Å². The molecule has 1 aliphatic rings. The third-order valence-corrected chi connectivity index (χ3v) is 4.58. The molecule has 0 unspecified atom stereocenters. The number of pyridine rings is 1. The van der Waals surface area contributed by atoms with Crippen LogP contribution in [0.25, 0.3) is 0 Å². The predicted octanol–water partition coefficient (Wildman–Crippen LogP) is 2.88. The van der Waals surface area contributed by atoms with Gasteiger partial charge >= 0.3 is 0 Å². The second-order valence-electron chi connectivity index (χ2n) is 6.40. The van der Waals surface area contributed by atoms with E-state index < -0.39 is 0 Å². The van der Waals surface area contributed by atoms with E-state index in [4.69, 9.17) is 11.6 Å². The molecule has 3 rings (SSSR count). The Balaban J connectivity index is 1.71. The van der Waals surface area contributed by atoms with Crippen molar-refractivity contribution < 1.29 is 0 Å². The van der Waals surface area contributed by atoms with Crippen molar-refractivity contribution in [2.75, 3.05) is 38.6 Å². The molecule has 6 heteroatoms. The third-order valence-electron chi connectivity index (χ3n) is 4.36. The van der Waals surface area contributed by atoms with E-state index in [1.807, 2.05) is 18.3 Å². The zero-order valence-corrected chi connectivity index (χ0v) is 14.6. The third kappa shape index (κ3) is 4.03. The molecule has 1 fully saturated rings. The predicted molar refractivity (Wildman–Crippen MR) is 94.2 cm³/mol. The Labute approximate surface area is 142 Å². The molecule has 124 valence electrons. The van der Waals surface area contributed by atoms with Gasteiger partial charge in [0, 0.05) is 50.7 Å². The summed E-state index contributed by atoms with van der Waals surface area (Å²) < 4.78 is 2.30. The Morgan fingerprint density at radius 2 is 2.17 bits per heavy atom. The number of hydrogen-bond acceptors (Lipinski definition) is 4. The molecule has 1 saturated heterocycles. The van der Waals surface area contributed by atoms with Crippen LogP contribution in [0.1, 0.15) is 24.6 Å². The standard InChI is InChI=1S/C17H24ClN5/c1-21(2)10-11-22-9-7-19-17(22)14-4-3-8-23(13-14)16-6-5-15(18)12-20-16/h5-7,9,12,14H,3-4,8,10-11,13H2,1-2H3/t14-/m0/s1. The van der Waals surface area contributed by atoms with E-state index in [-0.39, 0.29) is 0 Å². The first kappa shape index (κ1) is 16.3. The van der Waals surface area contributed by atoms with Gasteiger partial charge in [0.25, 0.3) is 0 Å². The van der Waals surface area contributed by atoms with Crippen LogP contribution in [0, 0.1) is 0 Å². The Hall–Kier alpha value is -1.59. The maximum absolute atomic E-state index is 5.94. The Morgan fingerprint density at radius 1 is 1.30 bits per heavy atom. The average Bonchev–Trinajstić information content (AvgIpc) is 3.02. The summed E-state index contributed by atoms with van der Waals surface area (Å²) in [4.78, 5) is 13.6. The number of piperidine rings is 1. The van der Waals surface area contributed by atoms with Crippen LogP contribution in [0.5, 0.6) is 0 Å². The Kier molecular flexibility index (Phi) is 5.18. The molecule has 0 N–H and O–H groups in total. The van der Waals surface area contributed by atoms with Gasteiger partial charge in [-0.15, -0.1) is 0 Å². The molecule has 0 radical (unpaired) electrons. The molecule has 5 nitrogen and oxygen atoms in total. The summed E-state index contributed by atoms with van der Waals surface area (Å²) in [5.74, 6) is 2.66. The quantitative estimate of drug-likeness (QED) is 0.843. The van der Waals surface area contributed by atoms with Gasteiger partial charge in [0.05, 0.1) is 5.02 Å². The van der Waals surface area contributed by atoms with Gasteiger partial charge in [0.1, 0.15) is 11.6 Å². The minimum atomic E-state index is 0.457. The summed E-state index contributed by atoms with van der Waals surface area (Å²) >= 11 is 5.94. The van der Waals surface area contributed by atoms with Crippen molar-refractivity contribution in [2.24, 2.45) is 0 Å². The normalized spacial score (nSPS) is 18.6. The summed E-state index contributed by atoms with van der Waals surface area (Å²) in [6, 6.07) is 3.91. The van der Waals surface area contributed by atoms with Gasteiger partial charge in [-0.2, -0.15) is 0 Å². The lowest BCUT2D eigenvalue weighted by Crippen LogP contribution is -2.36. The van der Waals surface area contributed by atoms with Crippen molar-refractivity contribution in [3.05, 3.63) is 41.6 Å². The summed E-state index contributed by atoms with van der Waals surface area (Å²) in [6.45, 7) is 4.02. The molecule has 0 saturated carbocycles. The summed E-state index contributed by atoms with van der Waals surface area (Å²) in [5, 5.41) is 0.682. The molecule has 23 heavy (non-hydrogen) atoms. The van der Waals surface area contributed by atoms with E-state index in [9.17, 15) is 0 Å². The fraction of sp³-hybridized carbons (Fsp3) is 0.529. The minimum absolute atomic E-state index is 0.457. The highest BCUT2D eigenvalue weighted by Gasteiger charge is 2.25. The molecule has 0 amide bonds. The first-order valence-electron chi connectivity index (χ1n) is 8.16. The van der Waals surface area contributed by atoms with E-state index in [1.54, 1.807) is 6.20 Å². The Morgan fingerprint density at radius 3 is 2.91 bits per heavy atom. The van der Waals surface area contributed by atoms with Gasteiger partial charge in [0.15, 0.2) is 0 Å². The highest BCUT2D eigenvalue weighted by molar-refractivity contribution is 6.30. The van der Waals surface area contributed by atoms with Crippen LogP contribution in [0.3, 0.4) is 0 Å². The molecule has 0 spiro atoms. The molecule has 1 aliphatic heterocycles. The number of anilines is 1. The monoisotopic (exact) mass is 333 g/mol. The SMILES string of the molecule is CN(C)CCn1ccnc1[C@H]1CCCN(c2ccc(Cl)cn2)C1. The smallest absolute Gasteiger partial charge is 0.128 e. The van der Waals surface area contributed by atoms with E-state index in [0.717, 1.165) is 38.4 Å². The maximum atomic E-state index is 5.94. The second-order valence-corrected chi connectivity index (χ2v) is 6.84.